The molecule has 10 heteroatoms. The van der Waals surface area contributed by atoms with Gasteiger partial charge in [0.15, 0.2) is 0 Å². The van der Waals surface area contributed by atoms with Gasteiger partial charge in [0, 0.05) is 6.04 Å². The zero-order valence-corrected chi connectivity index (χ0v) is 14.7. The summed E-state index contributed by atoms with van der Waals surface area (Å²) in [5, 5.41) is 8.27. The molecular formula is C16H21FN6O3. The number of nitrogens with one attached hydrogen (secondary N) is 3. The van der Waals surface area contributed by atoms with E-state index in [-0.39, 0.29) is 36.8 Å². The predicted octanol–water partition coefficient (Wildman–Crippen LogP) is 2.50. The average molecular weight is 364 g/mol. The number of para-hydroxylation sites is 1. The average Bonchev–Trinajstić information content (AvgIpc) is 2.60. The summed E-state index contributed by atoms with van der Waals surface area (Å²) in [7, 11) is 1.45. The van der Waals surface area contributed by atoms with Crippen molar-refractivity contribution in [3.63, 3.8) is 0 Å². The zero-order chi connectivity index (χ0) is 18.9. The van der Waals surface area contributed by atoms with Crippen LogP contribution < -0.4 is 20.7 Å². The number of ether oxygens (including phenoxy) is 2. The highest BCUT2D eigenvalue weighted by Crippen LogP contribution is 2.13. The number of halogens is 1. The SMILES string of the molecule is COc1nc(NCCOC(=O)Nc2ccccc2F)nc(NC(C)C)n1. The molecule has 140 valence electrons. The van der Waals surface area contributed by atoms with Crippen LogP contribution in [0.15, 0.2) is 24.3 Å². The minimum atomic E-state index is -0.757. The van der Waals surface area contributed by atoms with E-state index in [1.165, 1.54) is 25.3 Å². The van der Waals surface area contributed by atoms with E-state index < -0.39 is 11.9 Å². The van der Waals surface area contributed by atoms with Crippen LogP contribution in [0.25, 0.3) is 0 Å². The van der Waals surface area contributed by atoms with Gasteiger partial charge in [-0.3, -0.25) is 5.32 Å². The van der Waals surface area contributed by atoms with E-state index >= 15 is 0 Å². The van der Waals surface area contributed by atoms with Crippen LogP contribution in [0.1, 0.15) is 13.8 Å². The fourth-order valence-corrected chi connectivity index (χ4v) is 1.86. The summed E-state index contributed by atoms with van der Waals surface area (Å²) in [5.41, 5.74) is 0.0528. The number of carbonyl (C=O) groups is 1. The molecule has 3 N–H and O–H groups in total. The fourth-order valence-electron chi connectivity index (χ4n) is 1.86. The highest BCUT2D eigenvalue weighted by Gasteiger charge is 2.09. The summed E-state index contributed by atoms with van der Waals surface area (Å²) >= 11 is 0. The van der Waals surface area contributed by atoms with Crippen molar-refractivity contribution in [2.24, 2.45) is 0 Å². The first-order chi connectivity index (χ1) is 12.5. The molecule has 0 aliphatic carbocycles. The first-order valence-electron chi connectivity index (χ1n) is 7.96. The largest absolute Gasteiger partial charge is 0.467 e. The molecule has 0 unspecified atom stereocenters. The second-order valence-corrected chi connectivity index (χ2v) is 5.44. The Balaban J connectivity index is 1.82. The summed E-state index contributed by atoms with van der Waals surface area (Å²) in [4.78, 5) is 24.0. The van der Waals surface area contributed by atoms with Crippen LogP contribution in [-0.2, 0) is 4.74 Å². The van der Waals surface area contributed by atoms with Gasteiger partial charge in [0.2, 0.25) is 11.9 Å². The molecule has 2 rings (SSSR count). The molecular weight excluding hydrogens is 343 g/mol. The molecule has 9 nitrogen and oxygen atoms in total. The Morgan fingerprint density at radius 2 is 1.92 bits per heavy atom. The van der Waals surface area contributed by atoms with Crippen LogP contribution in [0.3, 0.4) is 0 Å². The van der Waals surface area contributed by atoms with Crippen LogP contribution >= 0.6 is 0 Å². The first-order valence-corrected chi connectivity index (χ1v) is 7.96. The molecule has 0 spiro atoms. The van der Waals surface area contributed by atoms with Gasteiger partial charge in [-0.15, -0.1) is 0 Å². The number of methoxy groups -OCH3 is 1. The van der Waals surface area contributed by atoms with E-state index in [0.29, 0.717) is 5.95 Å². The third-order valence-electron chi connectivity index (χ3n) is 2.94. The van der Waals surface area contributed by atoms with Gasteiger partial charge in [-0.1, -0.05) is 12.1 Å². The maximum atomic E-state index is 13.4. The standard InChI is InChI=1S/C16H21FN6O3/c1-10(2)19-14-21-13(22-15(23-14)25-3)18-8-9-26-16(24)20-12-7-5-4-6-11(12)17/h4-7,10H,8-9H2,1-3H3,(H,20,24)(H2,18,19,21,22,23). The normalized spacial score (nSPS) is 10.3. The topological polar surface area (TPSA) is 110 Å². The summed E-state index contributed by atoms with van der Waals surface area (Å²) in [6.07, 6.45) is -0.757. The number of nitrogens with zero attached hydrogens (tertiary/aromatic N) is 3. The lowest BCUT2D eigenvalue weighted by Crippen LogP contribution is -2.20. The second kappa shape index (κ2) is 9.35. The van der Waals surface area contributed by atoms with Crippen molar-refractivity contribution in [3.05, 3.63) is 30.1 Å². The Morgan fingerprint density at radius 1 is 1.19 bits per heavy atom. The van der Waals surface area contributed by atoms with E-state index in [1.54, 1.807) is 6.07 Å². The Labute approximate surface area is 150 Å². The molecule has 1 aromatic heterocycles. The van der Waals surface area contributed by atoms with Crippen LogP contribution in [0.4, 0.5) is 26.8 Å². The molecule has 1 heterocycles. The maximum Gasteiger partial charge on any atom is 0.411 e. The molecule has 2 aromatic rings. The highest BCUT2D eigenvalue weighted by molar-refractivity contribution is 5.84. The zero-order valence-electron chi connectivity index (χ0n) is 14.7. The Kier molecular flexibility index (Phi) is 6.89. The van der Waals surface area contributed by atoms with Crippen molar-refractivity contribution >= 4 is 23.7 Å². The van der Waals surface area contributed by atoms with Crippen LogP contribution in [0.5, 0.6) is 6.01 Å². The van der Waals surface area contributed by atoms with Crippen molar-refractivity contribution in [2.75, 3.05) is 36.2 Å². The number of benzene rings is 1. The summed E-state index contributed by atoms with van der Waals surface area (Å²) in [6, 6.07) is 6.12. The maximum absolute atomic E-state index is 13.4. The monoisotopic (exact) mass is 364 g/mol. The fraction of sp³-hybridized carbons (Fsp3) is 0.375. The lowest BCUT2D eigenvalue weighted by molar-refractivity contribution is 0.166. The molecule has 1 amide bonds. The lowest BCUT2D eigenvalue weighted by Gasteiger charge is -2.11. The molecule has 0 saturated carbocycles. The number of carbonyl (C=O) groups excluding carboxylic acids is 1. The van der Waals surface area contributed by atoms with E-state index in [0.717, 1.165) is 0 Å². The highest BCUT2D eigenvalue weighted by atomic mass is 19.1. The van der Waals surface area contributed by atoms with Gasteiger partial charge in [-0.2, -0.15) is 15.0 Å². The molecule has 0 bridgehead atoms. The molecule has 0 radical (unpaired) electrons. The predicted molar refractivity (Wildman–Crippen MR) is 95.0 cm³/mol. The summed E-state index contributed by atoms with van der Waals surface area (Å²) in [6.45, 7) is 4.18. The van der Waals surface area contributed by atoms with Gasteiger partial charge in [0.1, 0.15) is 12.4 Å². The summed E-state index contributed by atoms with van der Waals surface area (Å²) < 4.78 is 23.4. The van der Waals surface area contributed by atoms with E-state index in [2.05, 4.69) is 30.9 Å². The molecule has 0 atom stereocenters. The number of rotatable bonds is 8. The Morgan fingerprint density at radius 3 is 2.62 bits per heavy atom. The number of anilines is 3. The van der Waals surface area contributed by atoms with Gasteiger partial charge < -0.3 is 20.1 Å². The molecule has 1 aromatic carbocycles. The minimum Gasteiger partial charge on any atom is -0.467 e. The Hall–Kier alpha value is -3.17. The third-order valence-corrected chi connectivity index (χ3v) is 2.94. The van der Waals surface area contributed by atoms with Crippen molar-refractivity contribution in [3.8, 4) is 6.01 Å². The number of hydrogen-bond acceptors (Lipinski definition) is 8. The van der Waals surface area contributed by atoms with Crippen molar-refractivity contribution < 1.29 is 18.7 Å². The molecule has 0 fully saturated rings. The van der Waals surface area contributed by atoms with Gasteiger partial charge in [0.25, 0.3) is 0 Å². The van der Waals surface area contributed by atoms with Crippen molar-refractivity contribution in [1.29, 1.82) is 0 Å². The van der Waals surface area contributed by atoms with Crippen molar-refractivity contribution in [1.82, 2.24) is 15.0 Å². The number of hydrogen-bond donors (Lipinski definition) is 3. The molecule has 0 saturated heterocycles. The second-order valence-electron chi connectivity index (χ2n) is 5.44. The van der Waals surface area contributed by atoms with E-state index in [9.17, 15) is 9.18 Å². The van der Waals surface area contributed by atoms with Crippen LogP contribution in [-0.4, -0.2) is 47.3 Å². The van der Waals surface area contributed by atoms with Gasteiger partial charge >= 0.3 is 12.1 Å². The van der Waals surface area contributed by atoms with Gasteiger partial charge in [-0.05, 0) is 26.0 Å². The first kappa shape index (κ1) is 19.2. The van der Waals surface area contributed by atoms with Gasteiger partial charge in [0.05, 0.1) is 19.3 Å². The van der Waals surface area contributed by atoms with Gasteiger partial charge in [-0.25, -0.2) is 9.18 Å². The minimum absolute atomic E-state index is 0.0290. The third kappa shape index (κ3) is 6.04. The van der Waals surface area contributed by atoms with E-state index in [1.807, 2.05) is 13.8 Å². The van der Waals surface area contributed by atoms with E-state index in [4.69, 9.17) is 9.47 Å². The summed E-state index contributed by atoms with van der Waals surface area (Å²) in [5.74, 6) is 0.107. The van der Waals surface area contributed by atoms with Crippen molar-refractivity contribution in [2.45, 2.75) is 19.9 Å². The quantitative estimate of drug-likeness (QED) is 0.613. The van der Waals surface area contributed by atoms with Crippen LogP contribution in [0, 0.1) is 5.82 Å². The number of amides is 1. The smallest absolute Gasteiger partial charge is 0.411 e. The number of aromatic nitrogens is 3. The Bertz CT molecular complexity index is 744. The van der Waals surface area contributed by atoms with Crippen LogP contribution in [0.2, 0.25) is 0 Å². The molecule has 0 aliphatic heterocycles. The lowest BCUT2D eigenvalue weighted by atomic mass is 10.3. The molecule has 26 heavy (non-hydrogen) atoms. The molecule has 0 aliphatic rings.